The molecule has 7 heteroatoms. The molecule has 2 saturated heterocycles. The number of piperidine rings is 1. The van der Waals surface area contributed by atoms with Gasteiger partial charge < -0.3 is 25.6 Å². The minimum absolute atomic E-state index is 0.198. The molecular formula is C24H37FN4O2. The van der Waals surface area contributed by atoms with Gasteiger partial charge >= 0.3 is 0 Å². The summed E-state index contributed by atoms with van der Waals surface area (Å²) in [5, 5.41) is 3.78. The Kier molecular flexibility index (Phi) is 7.94. The molecule has 6 nitrogen and oxygen atoms in total. The summed E-state index contributed by atoms with van der Waals surface area (Å²) in [6.07, 6.45) is 9.19. The van der Waals surface area contributed by atoms with Gasteiger partial charge in [0, 0.05) is 45.4 Å². The van der Waals surface area contributed by atoms with Gasteiger partial charge in [-0.1, -0.05) is 19.9 Å². The van der Waals surface area contributed by atoms with E-state index < -0.39 is 5.91 Å². The van der Waals surface area contributed by atoms with Crippen LogP contribution in [0.4, 0.5) is 4.39 Å². The van der Waals surface area contributed by atoms with E-state index in [-0.39, 0.29) is 11.9 Å². The zero-order valence-electron chi connectivity index (χ0n) is 19.3. The van der Waals surface area contributed by atoms with E-state index in [1.165, 1.54) is 6.08 Å². The van der Waals surface area contributed by atoms with Crippen LogP contribution < -0.4 is 11.1 Å². The monoisotopic (exact) mass is 432 g/mol. The van der Waals surface area contributed by atoms with Crippen molar-refractivity contribution in [1.29, 1.82) is 0 Å². The minimum Gasteiger partial charge on any atom is -0.381 e. The lowest BCUT2D eigenvalue weighted by Crippen LogP contribution is -2.51. The fraction of sp³-hybridized carbons (Fsp3) is 0.625. The molecule has 4 rings (SSSR count). The molecule has 31 heavy (non-hydrogen) atoms. The molecule has 0 spiro atoms. The molecule has 0 radical (unpaired) electrons. The minimum atomic E-state index is -0.443. The highest BCUT2D eigenvalue weighted by Crippen LogP contribution is 2.37. The van der Waals surface area contributed by atoms with E-state index in [1.807, 2.05) is 38.8 Å². The van der Waals surface area contributed by atoms with Gasteiger partial charge in [0.15, 0.2) is 0 Å². The number of rotatable bonds is 4. The van der Waals surface area contributed by atoms with E-state index in [0.29, 0.717) is 23.2 Å². The first-order valence-electron chi connectivity index (χ1n) is 11.6. The number of primary amides is 1. The molecule has 4 aliphatic rings. The van der Waals surface area contributed by atoms with Gasteiger partial charge in [-0.05, 0) is 55.9 Å². The highest BCUT2D eigenvalue weighted by atomic mass is 19.1. The molecule has 0 aromatic rings. The summed E-state index contributed by atoms with van der Waals surface area (Å²) in [5.74, 6) is 0.166. The van der Waals surface area contributed by atoms with Crippen molar-refractivity contribution >= 4 is 5.91 Å². The van der Waals surface area contributed by atoms with Crippen LogP contribution in [0, 0.1) is 0 Å². The summed E-state index contributed by atoms with van der Waals surface area (Å²) in [4.78, 5) is 16.5. The number of amides is 1. The van der Waals surface area contributed by atoms with Crippen LogP contribution in [0.15, 0.2) is 46.6 Å². The third-order valence-electron chi connectivity index (χ3n) is 6.55. The highest BCUT2D eigenvalue weighted by Gasteiger charge is 2.36. The largest absolute Gasteiger partial charge is 0.381 e. The second kappa shape index (κ2) is 10.5. The number of nitrogens with two attached hydrogens (primary N) is 1. The van der Waals surface area contributed by atoms with Gasteiger partial charge in [0.1, 0.15) is 11.6 Å². The van der Waals surface area contributed by atoms with Crippen molar-refractivity contribution < 1.29 is 13.9 Å². The van der Waals surface area contributed by atoms with Crippen molar-refractivity contribution in [2.75, 3.05) is 33.4 Å². The molecule has 0 bridgehead atoms. The molecule has 0 aromatic carbocycles. The second-order valence-electron chi connectivity index (χ2n) is 8.44. The van der Waals surface area contributed by atoms with Crippen molar-refractivity contribution in [3.05, 3.63) is 46.6 Å². The number of hydrogen-bond donors (Lipinski definition) is 2. The van der Waals surface area contributed by atoms with Crippen molar-refractivity contribution in [2.24, 2.45) is 5.73 Å². The van der Waals surface area contributed by atoms with Crippen LogP contribution in [-0.4, -0.2) is 67.2 Å². The first-order valence-corrected chi connectivity index (χ1v) is 11.6. The highest BCUT2D eigenvalue weighted by molar-refractivity contribution is 5.96. The van der Waals surface area contributed by atoms with Crippen molar-refractivity contribution in [3.8, 4) is 0 Å². The third kappa shape index (κ3) is 5.04. The lowest BCUT2D eigenvalue weighted by molar-refractivity contribution is -0.114. The fourth-order valence-corrected chi connectivity index (χ4v) is 4.99. The molecule has 0 saturated carbocycles. The number of likely N-dealkylation sites (tertiary alicyclic amines) is 1. The summed E-state index contributed by atoms with van der Waals surface area (Å²) in [7, 11) is 1.93. The van der Waals surface area contributed by atoms with E-state index >= 15 is 0 Å². The number of carbonyl (C=O) groups excluding carboxylic acids is 1. The van der Waals surface area contributed by atoms with E-state index in [2.05, 4.69) is 10.2 Å². The number of allylic oxidation sites excluding steroid dienone is 2. The van der Waals surface area contributed by atoms with E-state index in [0.717, 1.165) is 63.4 Å². The number of hydrogen-bond acceptors (Lipinski definition) is 5. The van der Waals surface area contributed by atoms with E-state index in [9.17, 15) is 9.18 Å². The summed E-state index contributed by atoms with van der Waals surface area (Å²) in [6, 6.07) is 0.813. The number of nitrogens with one attached hydrogen (secondary N) is 1. The van der Waals surface area contributed by atoms with Crippen LogP contribution in [0.1, 0.15) is 46.5 Å². The maximum absolute atomic E-state index is 14.2. The van der Waals surface area contributed by atoms with Gasteiger partial charge in [0.05, 0.1) is 11.6 Å². The van der Waals surface area contributed by atoms with Gasteiger partial charge in [0.2, 0.25) is 0 Å². The van der Waals surface area contributed by atoms with E-state index in [4.69, 9.17) is 10.5 Å². The van der Waals surface area contributed by atoms with Crippen LogP contribution >= 0.6 is 0 Å². The number of ether oxygens (including phenoxy) is 1. The standard InChI is InChI=1S/C22H31FN4O2.C2H6/c1-14-19(23)4-3-15-13-18(21(24)28)22(26(2)20(14)15)27-9-5-16(6-10-27)25-17-7-11-29-12-8-17;1-2/h3-4,13,16-17,20,25H,5-12H2,1-2H3,(H2,24,28);1-2H3. The van der Waals surface area contributed by atoms with Crippen molar-refractivity contribution in [1.82, 2.24) is 15.1 Å². The van der Waals surface area contributed by atoms with Gasteiger partial charge in [-0.3, -0.25) is 4.79 Å². The van der Waals surface area contributed by atoms with Crippen LogP contribution in [0.5, 0.6) is 0 Å². The summed E-state index contributed by atoms with van der Waals surface area (Å²) in [5.41, 5.74) is 7.81. The topological polar surface area (TPSA) is 70.8 Å². The number of halogens is 1. The van der Waals surface area contributed by atoms with Crippen LogP contribution in [-0.2, 0) is 9.53 Å². The molecular weight excluding hydrogens is 395 g/mol. The van der Waals surface area contributed by atoms with Crippen LogP contribution in [0.3, 0.4) is 0 Å². The van der Waals surface area contributed by atoms with E-state index in [1.54, 1.807) is 6.08 Å². The Balaban J connectivity index is 0.00000132. The summed E-state index contributed by atoms with van der Waals surface area (Å²) >= 11 is 0. The van der Waals surface area contributed by atoms with Gasteiger partial charge in [-0.15, -0.1) is 0 Å². The fourth-order valence-electron chi connectivity index (χ4n) is 4.99. The Bertz CT molecular complexity index is 787. The Labute approximate surface area is 185 Å². The number of nitrogens with zero attached hydrogens (tertiary/aromatic N) is 2. The number of likely N-dealkylation sites (N-methyl/N-ethyl adjacent to an activating group) is 1. The Morgan fingerprint density at radius 2 is 1.74 bits per heavy atom. The lowest BCUT2D eigenvalue weighted by Gasteiger charge is -2.46. The van der Waals surface area contributed by atoms with Crippen molar-refractivity contribution in [2.45, 2.75) is 64.6 Å². The first kappa shape index (κ1) is 23.5. The SMILES string of the molecule is CC.CC1=C(F)C=CC2=CC(C(N)=O)=C(N3CCC(NC4CCOCC4)CC3)N(C)C21. The quantitative estimate of drug-likeness (QED) is 0.715. The molecule has 172 valence electrons. The third-order valence-corrected chi connectivity index (χ3v) is 6.55. The average molecular weight is 433 g/mol. The maximum Gasteiger partial charge on any atom is 0.252 e. The predicted octanol–water partition coefficient (Wildman–Crippen LogP) is 3.00. The molecule has 0 aromatic heterocycles. The molecule has 1 aliphatic carbocycles. The Hall–Kier alpha value is -2.12. The Morgan fingerprint density at radius 1 is 1.13 bits per heavy atom. The van der Waals surface area contributed by atoms with Crippen molar-refractivity contribution in [3.63, 3.8) is 0 Å². The summed E-state index contributed by atoms with van der Waals surface area (Å²) in [6.45, 7) is 9.17. The number of fused-ring (bicyclic) bond motifs is 1. The molecule has 1 atom stereocenters. The van der Waals surface area contributed by atoms with Gasteiger partial charge in [-0.25, -0.2) is 4.39 Å². The predicted molar refractivity (Wildman–Crippen MR) is 122 cm³/mol. The second-order valence-corrected chi connectivity index (χ2v) is 8.44. The van der Waals surface area contributed by atoms with Gasteiger partial charge in [0.25, 0.3) is 5.91 Å². The summed E-state index contributed by atoms with van der Waals surface area (Å²) < 4.78 is 19.7. The van der Waals surface area contributed by atoms with Crippen LogP contribution in [0.2, 0.25) is 0 Å². The first-order chi connectivity index (χ1) is 15.0. The maximum atomic E-state index is 14.2. The molecule has 2 fully saturated rings. The molecule has 1 amide bonds. The Morgan fingerprint density at radius 3 is 2.35 bits per heavy atom. The average Bonchev–Trinajstić information content (AvgIpc) is 2.79. The van der Waals surface area contributed by atoms with Crippen LogP contribution in [0.25, 0.3) is 0 Å². The molecule has 1 unspecified atom stereocenters. The molecule has 3 N–H and O–H groups in total. The normalized spacial score (nSPS) is 25.2. The zero-order chi connectivity index (χ0) is 22.5. The smallest absolute Gasteiger partial charge is 0.252 e. The molecule has 3 aliphatic heterocycles. The molecule has 3 heterocycles. The lowest BCUT2D eigenvalue weighted by atomic mass is 9.88. The number of carbonyl (C=O) groups is 1. The van der Waals surface area contributed by atoms with Gasteiger partial charge in [-0.2, -0.15) is 0 Å². The zero-order valence-corrected chi connectivity index (χ0v) is 19.3.